The lowest BCUT2D eigenvalue weighted by Crippen LogP contribution is -2.12. The number of carbonyl (C=O) groups is 1. The quantitative estimate of drug-likeness (QED) is 0.592. The molecule has 24 heavy (non-hydrogen) atoms. The van der Waals surface area contributed by atoms with E-state index in [9.17, 15) is 4.79 Å². The average molecular weight is 336 g/mol. The molecule has 0 fully saturated rings. The summed E-state index contributed by atoms with van der Waals surface area (Å²) in [5.41, 5.74) is 2.07. The van der Waals surface area contributed by atoms with Gasteiger partial charge in [-0.25, -0.2) is 0 Å². The van der Waals surface area contributed by atoms with Crippen LogP contribution < -0.4 is 15.3 Å². The van der Waals surface area contributed by atoms with Crippen LogP contribution in [0.2, 0.25) is 0 Å². The Balaban J connectivity index is 1.85. The molecular formula is C21H21O2P. The first kappa shape index (κ1) is 16.7. The van der Waals surface area contributed by atoms with Gasteiger partial charge in [0.05, 0.1) is 7.11 Å². The molecule has 1 aliphatic carbocycles. The Morgan fingerprint density at radius 3 is 2.79 bits per heavy atom. The maximum Gasteiger partial charge on any atom is 0.150 e. The number of benzene rings is 2. The number of ether oxygens (including phenoxy) is 1. The standard InChI is InChI=1S/C21H21O2P/c1-23-19-12-11-17(13-16-7-3-2-4-8-16)14-21(19)24-20-10-6-5-9-18(20)15-22/h2-7,9-12,14-16,24H,8,13H2,1H3. The molecule has 2 aromatic carbocycles. The first-order valence-corrected chi connectivity index (χ1v) is 9.11. The van der Waals surface area contributed by atoms with E-state index in [1.165, 1.54) is 5.56 Å². The molecule has 2 unspecified atom stereocenters. The second-order valence-corrected chi connectivity index (χ2v) is 7.21. The molecule has 0 aliphatic heterocycles. The van der Waals surface area contributed by atoms with Crippen LogP contribution >= 0.6 is 8.58 Å². The third-order valence-electron chi connectivity index (χ3n) is 4.19. The number of rotatable bonds is 6. The lowest BCUT2D eigenvalue weighted by molar-refractivity contribution is 0.112. The fourth-order valence-corrected chi connectivity index (χ4v) is 4.25. The molecule has 1 aliphatic rings. The molecule has 122 valence electrons. The fourth-order valence-electron chi connectivity index (χ4n) is 2.92. The van der Waals surface area contributed by atoms with Crippen LogP contribution in [-0.4, -0.2) is 13.4 Å². The minimum atomic E-state index is 0.408. The Labute approximate surface area is 145 Å². The minimum Gasteiger partial charge on any atom is -0.496 e. The summed E-state index contributed by atoms with van der Waals surface area (Å²) >= 11 is 0. The molecule has 3 rings (SSSR count). The SMILES string of the molecule is COc1ccc(CC2C=CC=CC2)cc1Pc1ccccc1C=O. The van der Waals surface area contributed by atoms with Crippen LogP contribution in [0, 0.1) is 5.92 Å². The van der Waals surface area contributed by atoms with Gasteiger partial charge < -0.3 is 4.74 Å². The van der Waals surface area contributed by atoms with Crippen molar-refractivity contribution in [3.05, 3.63) is 77.9 Å². The van der Waals surface area contributed by atoms with Crippen molar-refractivity contribution < 1.29 is 9.53 Å². The lowest BCUT2D eigenvalue weighted by Gasteiger charge is -2.16. The summed E-state index contributed by atoms with van der Waals surface area (Å²) in [5, 5.41) is 2.21. The second kappa shape index (κ2) is 8.08. The van der Waals surface area contributed by atoms with Gasteiger partial charge in [0.2, 0.25) is 0 Å². The molecule has 0 N–H and O–H groups in total. The molecular weight excluding hydrogens is 315 g/mol. The highest BCUT2D eigenvalue weighted by Gasteiger charge is 2.11. The van der Waals surface area contributed by atoms with E-state index >= 15 is 0 Å². The van der Waals surface area contributed by atoms with E-state index < -0.39 is 0 Å². The molecule has 0 heterocycles. The van der Waals surface area contributed by atoms with E-state index in [0.29, 0.717) is 14.5 Å². The molecule has 2 aromatic rings. The Morgan fingerprint density at radius 1 is 1.17 bits per heavy atom. The summed E-state index contributed by atoms with van der Waals surface area (Å²) in [7, 11) is 2.11. The second-order valence-electron chi connectivity index (χ2n) is 5.88. The lowest BCUT2D eigenvalue weighted by atomic mass is 9.93. The summed E-state index contributed by atoms with van der Waals surface area (Å²) < 4.78 is 5.53. The minimum absolute atomic E-state index is 0.408. The number of hydrogen-bond acceptors (Lipinski definition) is 2. The predicted molar refractivity (Wildman–Crippen MR) is 102 cm³/mol. The monoisotopic (exact) mass is 336 g/mol. The molecule has 3 heteroatoms. The van der Waals surface area contributed by atoms with Crippen molar-refractivity contribution in [2.45, 2.75) is 12.8 Å². The third kappa shape index (κ3) is 4.01. The highest BCUT2D eigenvalue weighted by molar-refractivity contribution is 7.56. The van der Waals surface area contributed by atoms with Crippen molar-refractivity contribution >= 4 is 25.5 Å². The molecule has 0 saturated heterocycles. The van der Waals surface area contributed by atoms with Crippen LogP contribution in [0.4, 0.5) is 0 Å². The first-order chi connectivity index (χ1) is 11.8. The van der Waals surface area contributed by atoms with Gasteiger partial charge >= 0.3 is 0 Å². The van der Waals surface area contributed by atoms with Crippen molar-refractivity contribution in [3.8, 4) is 5.75 Å². The van der Waals surface area contributed by atoms with E-state index in [0.717, 1.165) is 41.0 Å². The van der Waals surface area contributed by atoms with Gasteiger partial charge in [-0.2, -0.15) is 0 Å². The normalized spacial score (nSPS) is 16.6. The molecule has 0 radical (unpaired) electrons. The predicted octanol–water partition coefficient (Wildman–Crippen LogP) is 3.81. The number of aldehydes is 1. The number of allylic oxidation sites excluding steroid dienone is 4. The van der Waals surface area contributed by atoms with Crippen molar-refractivity contribution in [1.29, 1.82) is 0 Å². The van der Waals surface area contributed by atoms with Crippen molar-refractivity contribution in [2.24, 2.45) is 5.92 Å². The summed E-state index contributed by atoms with van der Waals surface area (Å²) in [4.78, 5) is 11.3. The van der Waals surface area contributed by atoms with Gasteiger partial charge in [-0.05, 0) is 41.8 Å². The molecule has 0 saturated carbocycles. The Kier molecular flexibility index (Phi) is 5.61. The van der Waals surface area contributed by atoms with Gasteiger partial charge in [-0.3, -0.25) is 4.79 Å². The Bertz CT molecular complexity index is 777. The Morgan fingerprint density at radius 2 is 2.04 bits per heavy atom. The summed E-state index contributed by atoms with van der Waals surface area (Å²) in [6.07, 6.45) is 11.8. The number of carbonyl (C=O) groups excluding carboxylic acids is 1. The van der Waals surface area contributed by atoms with Crippen molar-refractivity contribution in [2.75, 3.05) is 7.11 Å². The molecule has 0 aromatic heterocycles. The van der Waals surface area contributed by atoms with Gasteiger partial charge in [0.1, 0.15) is 5.75 Å². The van der Waals surface area contributed by atoms with E-state index in [1.807, 2.05) is 30.3 Å². The largest absolute Gasteiger partial charge is 0.496 e. The Hall–Kier alpha value is -2.18. The van der Waals surface area contributed by atoms with Crippen molar-refractivity contribution in [3.63, 3.8) is 0 Å². The molecule has 0 bridgehead atoms. The maximum atomic E-state index is 11.3. The van der Waals surface area contributed by atoms with Gasteiger partial charge in [-0.15, -0.1) is 0 Å². The molecule has 2 atom stereocenters. The number of hydrogen-bond donors (Lipinski definition) is 0. The van der Waals surface area contributed by atoms with E-state index in [4.69, 9.17) is 4.74 Å². The van der Waals surface area contributed by atoms with E-state index in [1.54, 1.807) is 7.11 Å². The van der Waals surface area contributed by atoms with Gasteiger partial charge in [0, 0.05) is 10.9 Å². The van der Waals surface area contributed by atoms with Crippen molar-refractivity contribution in [1.82, 2.24) is 0 Å². The fraction of sp³-hybridized carbons (Fsp3) is 0.190. The number of methoxy groups -OCH3 is 1. The van der Waals surface area contributed by atoms with Crippen LogP contribution in [-0.2, 0) is 6.42 Å². The topological polar surface area (TPSA) is 26.3 Å². The molecule has 2 nitrogen and oxygen atoms in total. The van der Waals surface area contributed by atoms with Crippen LogP contribution in [0.3, 0.4) is 0 Å². The highest BCUT2D eigenvalue weighted by Crippen LogP contribution is 2.24. The zero-order valence-corrected chi connectivity index (χ0v) is 14.7. The van der Waals surface area contributed by atoms with Crippen LogP contribution in [0.5, 0.6) is 5.75 Å². The zero-order chi connectivity index (χ0) is 16.8. The van der Waals surface area contributed by atoms with Gasteiger partial charge in [-0.1, -0.05) is 63.2 Å². The summed E-state index contributed by atoms with van der Waals surface area (Å²) in [5.74, 6) is 1.44. The van der Waals surface area contributed by atoms with Crippen LogP contribution in [0.1, 0.15) is 22.3 Å². The van der Waals surface area contributed by atoms with E-state index in [2.05, 4.69) is 36.4 Å². The van der Waals surface area contributed by atoms with E-state index in [-0.39, 0.29) is 0 Å². The molecule has 0 spiro atoms. The smallest absolute Gasteiger partial charge is 0.150 e. The maximum absolute atomic E-state index is 11.3. The zero-order valence-electron chi connectivity index (χ0n) is 13.7. The third-order valence-corrected chi connectivity index (χ3v) is 5.57. The summed E-state index contributed by atoms with van der Waals surface area (Å²) in [6.45, 7) is 0. The summed E-state index contributed by atoms with van der Waals surface area (Å²) in [6, 6.07) is 14.2. The van der Waals surface area contributed by atoms with Gasteiger partial charge in [0.15, 0.2) is 6.29 Å². The average Bonchev–Trinajstić information content (AvgIpc) is 2.63. The highest BCUT2D eigenvalue weighted by atomic mass is 31.1. The first-order valence-electron chi connectivity index (χ1n) is 8.11. The van der Waals surface area contributed by atoms with Crippen LogP contribution in [0.25, 0.3) is 0 Å². The van der Waals surface area contributed by atoms with Gasteiger partial charge in [0.25, 0.3) is 0 Å². The molecule has 0 amide bonds. The van der Waals surface area contributed by atoms with Crippen LogP contribution in [0.15, 0.2) is 66.8 Å².